The highest BCUT2D eigenvalue weighted by Gasteiger charge is 2.22. The van der Waals surface area contributed by atoms with Crippen molar-refractivity contribution in [1.29, 1.82) is 0 Å². The van der Waals surface area contributed by atoms with Gasteiger partial charge in [0.2, 0.25) is 0 Å². The van der Waals surface area contributed by atoms with Crippen molar-refractivity contribution < 1.29 is 0 Å². The van der Waals surface area contributed by atoms with Gasteiger partial charge in [-0.25, -0.2) is 0 Å². The van der Waals surface area contributed by atoms with Crippen LogP contribution in [0, 0.1) is 5.92 Å². The lowest BCUT2D eigenvalue weighted by Gasteiger charge is -2.14. The van der Waals surface area contributed by atoms with Crippen LogP contribution >= 0.6 is 11.6 Å². The first-order chi connectivity index (χ1) is 16.6. The summed E-state index contributed by atoms with van der Waals surface area (Å²) in [5.74, 6) is 2.53. The maximum absolute atomic E-state index is 6.12. The minimum Gasteiger partial charge on any atom is -0.281 e. The molecule has 34 heavy (non-hydrogen) atoms. The number of para-hydroxylation sites is 1. The molecule has 1 aromatic heterocycles. The Bertz CT molecular complexity index is 1320. The molecule has 0 amide bonds. The molecule has 0 radical (unpaired) electrons. The number of fused-ring (bicyclic) bond motifs is 3. The van der Waals surface area contributed by atoms with Gasteiger partial charge in [0.1, 0.15) is 12.4 Å². The van der Waals surface area contributed by atoms with Gasteiger partial charge in [0.25, 0.3) is 0 Å². The molecular formula is C29H29ClN4. The Morgan fingerprint density at radius 1 is 0.853 bits per heavy atom. The van der Waals surface area contributed by atoms with E-state index in [9.17, 15) is 0 Å². The van der Waals surface area contributed by atoms with Crippen molar-refractivity contribution >= 4 is 17.3 Å². The lowest BCUT2D eigenvalue weighted by molar-refractivity contribution is 0.639. The summed E-state index contributed by atoms with van der Waals surface area (Å²) in [7, 11) is 0. The summed E-state index contributed by atoms with van der Waals surface area (Å²) in [4.78, 5) is 4.94. The Morgan fingerprint density at radius 2 is 1.59 bits per heavy atom. The first-order valence-electron chi connectivity index (χ1n) is 12.0. The monoisotopic (exact) mass is 468 g/mol. The van der Waals surface area contributed by atoms with Crippen LogP contribution in [-0.4, -0.2) is 20.5 Å². The largest absolute Gasteiger partial charge is 0.281 e. The van der Waals surface area contributed by atoms with E-state index in [1.165, 1.54) is 11.1 Å². The van der Waals surface area contributed by atoms with Gasteiger partial charge in [-0.1, -0.05) is 80.0 Å². The van der Waals surface area contributed by atoms with E-state index < -0.39 is 0 Å². The topological polar surface area (TPSA) is 43.1 Å². The third-order valence-corrected chi connectivity index (χ3v) is 6.54. The van der Waals surface area contributed by atoms with E-state index in [1.807, 2.05) is 24.3 Å². The predicted molar refractivity (Wildman–Crippen MR) is 139 cm³/mol. The van der Waals surface area contributed by atoms with Gasteiger partial charge in [0, 0.05) is 22.6 Å². The van der Waals surface area contributed by atoms with Crippen LogP contribution in [0.15, 0.2) is 77.8 Å². The second kappa shape index (κ2) is 9.94. The SMILES string of the molecule is CC(C)Cc1ccccc1CCCc1nnc2n1-c1ccccc1C(c1ccc(Cl)cc1)=NC2. The molecule has 4 aromatic rings. The molecule has 2 heterocycles. The van der Waals surface area contributed by atoms with Crippen LogP contribution in [0.1, 0.15) is 54.2 Å². The maximum atomic E-state index is 6.12. The molecule has 0 aliphatic carbocycles. The molecule has 1 aliphatic heterocycles. The summed E-state index contributed by atoms with van der Waals surface area (Å²) in [5, 5.41) is 9.82. The Hall–Kier alpha value is -3.24. The van der Waals surface area contributed by atoms with Gasteiger partial charge >= 0.3 is 0 Å². The highest BCUT2D eigenvalue weighted by molar-refractivity contribution is 6.30. The van der Waals surface area contributed by atoms with Crippen molar-refractivity contribution in [1.82, 2.24) is 14.8 Å². The van der Waals surface area contributed by atoms with E-state index in [0.29, 0.717) is 12.5 Å². The first kappa shape index (κ1) is 22.5. The van der Waals surface area contributed by atoms with Crippen molar-refractivity contribution in [2.75, 3.05) is 0 Å². The van der Waals surface area contributed by atoms with Crippen molar-refractivity contribution in [2.45, 2.75) is 46.1 Å². The fourth-order valence-electron chi connectivity index (χ4n) is 4.73. The zero-order valence-electron chi connectivity index (χ0n) is 19.7. The average Bonchev–Trinajstić information content (AvgIpc) is 3.16. The minimum absolute atomic E-state index is 0.497. The van der Waals surface area contributed by atoms with E-state index in [4.69, 9.17) is 16.6 Å². The van der Waals surface area contributed by atoms with Crippen molar-refractivity contribution in [3.05, 3.63) is 112 Å². The van der Waals surface area contributed by atoms with Crippen LogP contribution in [0.4, 0.5) is 0 Å². The Kier molecular flexibility index (Phi) is 6.59. The number of aliphatic imine (C=N–C) groups is 1. The molecule has 0 saturated carbocycles. The van der Waals surface area contributed by atoms with E-state index >= 15 is 0 Å². The van der Waals surface area contributed by atoms with Gasteiger partial charge < -0.3 is 0 Å². The molecule has 5 heteroatoms. The van der Waals surface area contributed by atoms with Crippen LogP contribution in [0.25, 0.3) is 5.69 Å². The quantitative estimate of drug-likeness (QED) is 0.305. The van der Waals surface area contributed by atoms with E-state index in [0.717, 1.165) is 64.9 Å². The van der Waals surface area contributed by atoms with Gasteiger partial charge in [0.05, 0.1) is 11.4 Å². The molecule has 4 nitrogen and oxygen atoms in total. The highest BCUT2D eigenvalue weighted by atomic mass is 35.5. The highest BCUT2D eigenvalue weighted by Crippen LogP contribution is 2.27. The lowest BCUT2D eigenvalue weighted by Crippen LogP contribution is -2.10. The van der Waals surface area contributed by atoms with E-state index in [1.54, 1.807) is 0 Å². The average molecular weight is 469 g/mol. The molecule has 0 bridgehead atoms. The lowest BCUT2D eigenvalue weighted by atomic mass is 9.95. The fourth-order valence-corrected chi connectivity index (χ4v) is 4.86. The number of aromatic nitrogens is 3. The van der Waals surface area contributed by atoms with Crippen LogP contribution in [0.3, 0.4) is 0 Å². The molecule has 0 unspecified atom stereocenters. The molecule has 0 saturated heterocycles. The molecular weight excluding hydrogens is 440 g/mol. The first-order valence-corrected chi connectivity index (χ1v) is 12.4. The Balaban J connectivity index is 1.41. The standard InChI is InChI=1S/C29H29ClN4/c1-20(2)18-23-9-4-3-8-21(23)10-7-13-27-32-33-28-19-31-29(22-14-16-24(30)17-15-22)25-11-5-6-12-26(25)34(27)28/h3-6,8-9,11-12,14-17,20H,7,10,13,18-19H2,1-2H3. The summed E-state index contributed by atoms with van der Waals surface area (Å²) >= 11 is 6.12. The molecule has 0 spiro atoms. The summed E-state index contributed by atoms with van der Waals surface area (Å²) < 4.78 is 2.21. The van der Waals surface area contributed by atoms with Crippen molar-refractivity contribution in [2.24, 2.45) is 10.9 Å². The number of rotatable bonds is 7. The molecule has 172 valence electrons. The van der Waals surface area contributed by atoms with E-state index in [-0.39, 0.29) is 0 Å². The van der Waals surface area contributed by atoms with Gasteiger partial charge in [-0.2, -0.15) is 0 Å². The molecule has 0 atom stereocenters. The number of aryl methyl sites for hydroxylation is 2. The predicted octanol–water partition coefficient (Wildman–Crippen LogP) is 6.65. The number of hydrogen-bond donors (Lipinski definition) is 0. The number of benzene rings is 3. The summed E-state index contributed by atoms with van der Waals surface area (Å²) in [5.41, 5.74) is 7.10. The van der Waals surface area contributed by atoms with Crippen LogP contribution < -0.4 is 0 Å². The van der Waals surface area contributed by atoms with Gasteiger partial charge in [-0.15, -0.1) is 10.2 Å². The zero-order valence-corrected chi connectivity index (χ0v) is 20.5. The van der Waals surface area contributed by atoms with Crippen LogP contribution in [0.5, 0.6) is 0 Å². The molecule has 0 N–H and O–H groups in total. The zero-order chi connectivity index (χ0) is 23.5. The third kappa shape index (κ3) is 4.69. The summed E-state index contributed by atoms with van der Waals surface area (Å²) in [6, 6.07) is 25.1. The smallest absolute Gasteiger partial charge is 0.159 e. The van der Waals surface area contributed by atoms with Gasteiger partial charge in [-0.05, 0) is 54.5 Å². The van der Waals surface area contributed by atoms with Gasteiger partial charge in [-0.3, -0.25) is 9.56 Å². The summed E-state index contributed by atoms with van der Waals surface area (Å²) in [6.45, 7) is 5.05. The Labute approximate surface area is 206 Å². The van der Waals surface area contributed by atoms with E-state index in [2.05, 4.69) is 77.1 Å². The number of nitrogens with zero attached hydrogens (tertiary/aromatic N) is 4. The molecule has 1 aliphatic rings. The normalized spacial score (nSPS) is 12.8. The number of halogens is 1. The second-order valence-electron chi connectivity index (χ2n) is 9.28. The van der Waals surface area contributed by atoms with Crippen molar-refractivity contribution in [3.8, 4) is 5.69 Å². The maximum Gasteiger partial charge on any atom is 0.159 e. The van der Waals surface area contributed by atoms with Crippen LogP contribution in [-0.2, 0) is 25.8 Å². The number of hydrogen-bond acceptors (Lipinski definition) is 3. The fraction of sp³-hybridized carbons (Fsp3) is 0.276. The van der Waals surface area contributed by atoms with Crippen LogP contribution in [0.2, 0.25) is 5.02 Å². The molecule has 0 fully saturated rings. The summed E-state index contributed by atoms with van der Waals surface area (Å²) in [6.07, 6.45) is 4.06. The molecule has 5 rings (SSSR count). The van der Waals surface area contributed by atoms with Gasteiger partial charge in [0.15, 0.2) is 5.82 Å². The van der Waals surface area contributed by atoms with Crippen molar-refractivity contribution in [3.63, 3.8) is 0 Å². The minimum atomic E-state index is 0.497. The second-order valence-corrected chi connectivity index (χ2v) is 9.71. The molecule has 3 aromatic carbocycles. The Morgan fingerprint density at radius 3 is 2.38 bits per heavy atom. The third-order valence-electron chi connectivity index (χ3n) is 6.29.